The third-order valence-corrected chi connectivity index (χ3v) is 2.50. The third-order valence-electron chi connectivity index (χ3n) is 2.50. The molecule has 0 amide bonds. The Morgan fingerprint density at radius 2 is 2.25 bits per heavy atom. The summed E-state index contributed by atoms with van der Waals surface area (Å²) in [5.74, 6) is 0.467. The molecule has 2 atom stereocenters. The van der Waals surface area contributed by atoms with Gasteiger partial charge in [0.1, 0.15) is 12.0 Å². The van der Waals surface area contributed by atoms with Crippen LogP contribution in [-0.4, -0.2) is 36.0 Å². The molecule has 0 saturated carbocycles. The van der Waals surface area contributed by atoms with Gasteiger partial charge in [-0.3, -0.25) is 0 Å². The lowest BCUT2D eigenvalue weighted by Gasteiger charge is -2.21. The fourth-order valence-electron chi connectivity index (χ4n) is 1.31. The molecular formula is C11H18FN3O. The van der Waals surface area contributed by atoms with Crippen LogP contribution in [0.3, 0.4) is 0 Å². The number of aliphatic hydroxyl groups excluding tert-OH is 1. The van der Waals surface area contributed by atoms with E-state index in [1.807, 2.05) is 18.0 Å². The predicted molar refractivity (Wildman–Crippen MR) is 63.1 cm³/mol. The highest BCUT2D eigenvalue weighted by Crippen LogP contribution is 2.13. The fraction of sp³-hybridized carbons (Fsp3) is 0.545. The Hall–Kier alpha value is -1.36. The molecule has 0 saturated heterocycles. The second-order valence-corrected chi connectivity index (χ2v) is 3.90. The summed E-state index contributed by atoms with van der Waals surface area (Å²) < 4.78 is 12.7. The molecule has 3 N–H and O–H groups in total. The van der Waals surface area contributed by atoms with E-state index in [2.05, 4.69) is 4.98 Å². The van der Waals surface area contributed by atoms with Crippen molar-refractivity contribution in [1.82, 2.24) is 4.98 Å². The topological polar surface area (TPSA) is 62.4 Å². The largest absolute Gasteiger partial charge is 0.390 e. The molecule has 0 aliphatic rings. The molecule has 0 radical (unpaired) electrons. The lowest BCUT2D eigenvalue weighted by atomic mass is 10.2. The van der Waals surface area contributed by atoms with Crippen LogP contribution in [0.25, 0.3) is 0 Å². The van der Waals surface area contributed by atoms with Crippen molar-refractivity contribution in [3.63, 3.8) is 0 Å². The van der Waals surface area contributed by atoms with Crippen LogP contribution in [-0.2, 0) is 0 Å². The van der Waals surface area contributed by atoms with E-state index in [1.165, 1.54) is 6.92 Å². The number of halogens is 1. The lowest BCUT2D eigenvalue weighted by Crippen LogP contribution is -2.27. The van der Waals surface area contributed by atoms with Gasteiger partial charge >= 0.3 is 0 Å². The highest BCUT2D eigenvalue weighted by Gasteiger charge is 2.13. The second-order valence-electron chi connectivity index (χ2n) is 3.90. The van der Waals surface area contributed by atoms with Gasteiger partial charge in [0, 0.05) is 13.6 Å². The van der Waals surface area contributed by atoms with Gasteiger partial charge in [0.2, 0.25) is 0 Å². The number of aliphatic hydroxyl groups is 1. The normalized spacial score (nSPS) is 14.5. The van der Waals surface area contributed by atoms with Crippen LogP contribution in [0.1, 0.15) is 13.3 Å². The number of nitrogen functional groups attached to an aromatic ring is 1. The quantitative estimate of drug-likeness (QED) is 0.793. The molecule has 1 heterocycles. The fourth-order valence-corrected chi connectivity index (χ4v) is 1.31. The average molecular weight is 227 g/mol. The van der Waals surface area contributed by atoms with Crippen molar-refractivity contribution in [3.8, 4) is 0 Å². The summed E-state index contributed by atoms with van der Waals surface area (Å²) in [6.07, 6.45) is -0.0683. The molecule has 16 heavy (non-hydrogen) atoms. The molecule has 0 aliphatic heterocycles. The molecule has 0 aliphatic carbocycles. The molecule has 4 nitrogen and oxygen atoms in total. The van der Waals surface area contributed by atoms with Gasteiger partial charge in [0.15, 0.2) is 0 Å². The van der Waals surface area contributed by atoms with E-state index in [1.54, 1.807) is 12.3 Å². The Morgan fingerprint density at radius 1 is 1.56 bits per heavy atom. The Balaban J connectivity index is 2.46. The number of hydrogen-bond donors (Lipinski definition) is 2. The molecule has 90 valence electrons. The van der Waals surface area contributed by atoms with Crippen molar-refractivity contribution < 1.29 is 9.50 Å². The molecule has 0 bridgehead atoms. The first kappa shape index (κ1) is 12.7. The molecule has 5 heteroatoms. The van der Waals surface area contributed by atoms with Gasteiger partial charge in [-0.1, -0.05) is 0 Å². The molecule has 1 rings (SSSR count). The molecule has 1 aromatic rings. The van der Waals surface area contributed by atoms with Crippen LogP contribution in [0.5, 0.6) is 0 Å². The summed E-state index contributed by atoms with van der Waals surface area (Å²) in [6, 6.07) is 3.55. The number of anilines is 2. The zero-order chi connectivity index (χ0) is 12.1. The van der Waals surface area contributed by atoms with E-state index in [4.69, 9.17) is 5.73 Å². The van der Waals surface area contributed by atoms with Crippen molar-refractivity contribution in [3.05, 3.63) is 18.3 Å². The van der Waals surface area contributed by atoms with Crippen LogP contribution in [0.4, 0.5) is 15.9 Å². The van der Waals surface area contributed by atoms with Gasteiger partial charge in [0.25, 0.3) is 0 Å². The average Bonchev–Trinajstić information content (AvgIpc) is 2.26. The molecule has 1 aromatic heterocycles. The standard InChI is InChI=1S/C11H18FN3O/c1-8(12)10(16)5-6-15(2)9-3-4-11(13)14-7-9/h3-4,7-8,10,16H,5-6H2,1-2H3,(H2,13,14)/t8-,10-/m0/s1. The third kappa shape index (κ3) is 3.66. The summed E-state index contributed by atoms with van der Waals surface area (Å²) in [7, 11) is 1.86. The Bertz CT molecular complexity index is 316. The molecule has 0 unspecified atom stereocenters. The van der Waals surface area contributed by atoms with Gasteiger partial charge in [-0.05, 0) is 25.5 Å². The minimum absolute atomic E-state index is 0.387. The lowest BCUT2D eigenvalue weighted by molar-refractivity contribution is 0.0825. The maximum atomic E-state index is 12.7. The van der Waals surface area contributed by atoms with E-state index >= 15 is 0 Å². The van der Waals surface area contributed by atoms with E-state index in [-0.39, 0.29) is 0 Å². The van der Waals surface area contributed by atoms with Gasteiger partial charge in [-0.25, -0.2) is 9.37 Å². The van der Waals surface area contributed by atoms with E-state index in [9.17, 15) is 9.50 Å². The summed E-state index contributed by atoms with van der Waals surface area (Å²) in [4.78, 5) is 5.86. The number of aromatic nitrogens is 1. The van der Waals surface area contributed by atoms with E-state index in [0.29, 0.717) is 18.8 Å². The molecule has 0 aromatic carbocycles. The zero-order valence-electron chi connectivity index (χ0n) is 9.60. The SMILES string of the molecule is C[C@H](F)[C@@H](O)CCN(C)c1ccc(N)nc1. The number of hydrogen-bond acceptors (Lipinski definition) is 4. The van der Waals surface area contributed by atoms with Crippen LogP contribution >= 0.6 is 0 Å². The van der Waals surface area contributed by atoms with Crippen LogP contribution in [0.2, 0.25) is 0 Å². The summed E-state index contributed by atoms with van der Waals surface area (Å²) in [6.45, 7) is 1.93. The maximum Gasteiger partial charge on any atom is 0.123 e. The highest BCUT2D eigenvalue weighted by atomic mass is 19.1. The van der Waals surface area contributed by atoms with Crippen molar-refractivity contribution in [2.24, 2.45) is 0 Å². The van der Waals surface area contributed by atoms with Crippen molar-refractivity contribution >= 4 is 11.5 Å². The molecule has 0 fully saturated rings. The van der Waals surface area contributed by atoms with Crippen LogP contribution in [0, 0.1) is 0 Å². The van der Waals surface area contributed by atoms with Crippen LogP contribution in [0.15, 0.2) is 18.3 Å². The van der Waals surface area contributed by atoms with Crippen molar-refractivity contribution in [1.29, 1.82) is 0 Å². The highest BCUT2D eigenvalue weighted by molar-refractivity contribution is 5.47. The Morgan fingerprint density at radius 3 is 2.75 bits per heavy atom. The van der Waals surface area contributed by atoms with E-state index < -0.39 is 12.3 Å². The first-order valence-corrected chi connectivity index (χ1v) is 5.25. The first-order chi connectivity index (χ1) is 7.50. The van der Waals surface area contributed by atoms with Crippen LogP contribution < -0.4 is 10.6 Å². The van der Waals surface area contributed by atoms with Crippen molar-refractivity contribution in [2.45, 2.75) is 25.6 Å². The molecule has 0 spiro atoms. The monoisotopic (exact) mass is 227 g/mol. The Labute approximate surface area is 94.9 Å². The second kappa shape index (κ2) is 5.65. The predicted octanol–water partition coefficient (Wildman–Crippen LogP) is 1.21. The minimum Gasteiger partial charge on any atom is -0.390 e. The summed E-state index contributed by atoms with van der Waals surface area (Å²) in [5, 5.41) is 9.33. The summed E-state index contributed by atoms with van der Waals surface area (Å²) >= 11 is 0. The summed E-state index contributed by atoms with van der Waals surface area (Å²) in [5.41, 5.74) is 6.37. The first-order valence-electron chi connectivity index (χ1n) is 5.25. The number of pyridine rings is 1. The zero-order valence-corrected chi connectivity index (χ0v) is 9.60. The van der Waals surface area contributed by atoms with Crippen molar-refractivity contribution in [2.75, 3.05) is 24.2 Å². The maximum absolute atomic E-state index is 12.7. The number of rotatable bonds is 5. The van der Waals surface area contributed by atoms with E-state index in [0.717, 1.165) is 5.69 Å². The van der Waals surface area contributed by atoms with Gasteiger partial charge < -0.3 is 15.7 Å². The van der Waals surface area contributed by atoms with Gasteiger partial charge in [-0.2, -0.15) is 0 Å². The van der Waals surface area contributed by atoms with Gasteiger partial charge in [0.05, 0.1) is 18.0 Å². The number of alkyl halides is 1. The number of nitrogens with zero attached hydrogens (tertiary/aromatic N) is 2. The minimum atomic E-state index is -1.20. The Kier molecular flexibility index (Phi) is 4.49. The smallest absolute Gasteiger partial charge is 0.123 e. The van der Waals surface area contributed by atoms with Gasteiger partial charge in [-0.15, -0.1) is 0 Å². The number of nitrogens with two attached hydrogens (primary N) is 1. The molecular weight excluding hydrogens is 209 g/mol.